The molecule has 20 heavy (non-hydrogen) atoms. The number of Topliss-reactive ketones (excluding diaryl/α,β-unsaturated/α-hetero) is 1. The Balaban J connectivity index is 2.61. The number of nitrogens with zero attached hydrogens (tertiary/aromatic N) is 1. The fraction of sp³-hybridized carbons (Fsp3) is 0.154. The van der Waals surface area contributed by atoms with E-state index in [2.05, 4.69) is 25.7 Å². The maximum atomic E-state index is 11.7. The van der Waals surface area contributed by atoms with Crippen molar-refractivity contribution in [3.8, 4) is 10.6 Å². The van der Waals surface area contributed by atoms with Gasteiger partial charge in [0.2, 0.25) is 0 Å². The second-order valence-electron chi connectivity index (χ2n) is 3.87. The topological polar surface area (TPSA) is 56.3 Å². The van der Waals surface area contributed by atoms with Crippen molar-refractivity contribution in [1.29, 1.82) is 0 Å². The van der Waals surface area contributed by atoms with E-state index in [1.54, 1.807) is 18.2 Å². The number of benzene rings is 1. The first-order chi connectivity index (χ1) is 9.43. The molecule has 0 bridgehead atoms. The van der Waals surface area contributed by atoms with Gasteiger partial charge in [-0.05, 0) is 18.2 Å². The lowest BCUT2D eigenvalue weighted by Crippen LogP contribution is -2.06. The number of thiazole rings is 1. The number of hydrogen-bond donors (Lipinski definition) is 0. The highest BCUT2D eigenvalue weighted by Gasteiger charge is 2.23. The summed E-state index contributed by atoms with van der Waals surface area (Å²) >= 11 is 10.6. The molecule has 1 heterocycles. The van der Waals surface area contributed by atoms with Gasteiger partial charge in [-0.15, -0.1) is 11.3 Å². The Morgan fingerprint density at radius 2 is 2.10 bits per heavy atom. The van der Waals surface area contributed by atoms with Gasteiger partial charge in [-0.2, -0.15) is 0 Å². The van der Waals surface area contributed by atoms with Crippen LogP contribution in [-0.2, 0) is 4.74 Å². The van der Waals surface area contributed by atoms with Gasteiger partial charge in [-0.3, -0.25) is 4.79 Å². The van der Waals surface area contributed by atoms with E-state index >= 15 is 0 Å². The number of hydrogen-bond acceptors (Lipinski definition) is 5. The molecule has 1 aromatic heterocycles. The third-order valence-electron chi connectivity index (χ3n) is 2.48. The van der Waals surface area contributed by atoms with Gasteiger partial charge in [0, 0.05) is 17.0 Å². The van der Waals surface area contributed by atoms with E-state index < -0.39 is 5.97 Å². The van der Waals surface area contributed by atoms with E-state index in [9.17, 15) is 9.59 Å². The normalized spacial score (nSPS) is 10.4. The molecular weight excluding hydrogens is 366 g/mol. The van der Waals surface area contributed by atoms with Crippen molar-refractivity contribution in [1.82, 2.24) is 4.98 Å². The van der Waals surface area contributed by atoms with Crippen molar-refractivity contribution in [3.05, 3.63) is 38.3 Å². The van der Waals surface area contributed by atoms with Gasteiger partial charge in [-0.1, -0.05) is 27.5 Å². The highest BCUT2D eigenvalue weighted by molar-refractivity contribution is 9.10. The van der Waals surface area contributed by atoms with Crippen LogP contribution in [0.15, 0.2) is 22.7 Å². The molecule has 1 aromatic carbocycles. The molecule has 104 valence electrons. The predicted molar refractivity (Wildman–Crippen MR) is 81.6 cm³/mol. The Kier molecular flexibility index (Phi) is 4.57. The van der Waals surface area contributed by atoms with Crippen molar-refractivity contribution in [2.75, 3.05) is 7.11 Å². The predicted octanol–water partition coefficient (Wildman–Crippen LogP) is 4.22. The summed E-state index contributed by atoms with van der Waals surface area (Å²) in [6.45, 7) is 1.38. The zero-order valence-electron chi connectivity index (χ0n) is 10.6. The van der Waals surface area contributed by atoms with Crippen molar-refractivity contribution in [2.24, 2.45) is 0 Å². The van der Waals surface area contributed by atoms with E-state index in [1.165, 1.54) is 14.0 Å². The number of esters is 1. The number of ketones is 1. The van der Waals surface area contributed by atoms with Crippen LogP contribution < -0.4 is 0 Å². The molecule has 0 spiro atoms. The Labute approximate surface area is 132 Å². The van der Waals surface area contributed by atoms with E-state index in [-0.39, 0.29) is 16.4 Å². The maximum absolute atomic E-state index is 11.7. The van der Waals surface area contributed by atoms with Crippen LogP contribution >= 0.6 is 38.9 Å². The van der Waals surface area contributed by atoms with E-state index in [4.69, 9.17) is 11.6 Å². The zero-order chi connectivity index (χ0) is 14.9. The monoisotopic (exact) mass is 373 g/mol. The second kappa shape index (κ2) is 6.03. The molecule has 0 radical (unpaired) electrons. The van der Waals surface area contributed by atoms with Crippen LogP contribution in [-0.4, -0.2) is 23.8 Å². The molecule has 0 atom stereocenters. The van der Waals surface area contributed by atoms with Crippen LogP contribution in [0.5, 0.6) is 0 Å². The van der Waals surface area contributed by atoms with Crippen molar-refractivity contribution >= 4 is 50.6 Å². The van der Waals surface area contributed by atoms with E-state index in [0.29, 0.717) is 15.6 Å². The molecule has 0 N–H and O–H groups in total. The van der Waals surface area contributed by atoms with Gasteiger partial charge in [0.15, 0.2) is 11.5 Å². The summed E-state index contributed by atoms with van der Waals surface area (Å²) < 4.78 is 5.47. The minimum absolute atomic E-state index is 0.0241. The van der Waals surface area contributed by atoms with Crippen molar-refractivity contribution in [3.63, 3.8) is 0 Å². The summed E-state index contributed by atoms with van der Waals surface area (Å²) in [7, 11) is 1.25. The minimum atomic E-state index is -0.635. The molecule has 0 unspecified atom stereocenters. The number of ether oxygens (including phenoxy) is 1. The highest BCUT2D eigenvalue weighted by atomic mass is 79.9. The van der Waals surface area contributed by atoms with Crippen LogP contribution in [0, 0.1) is 0 Å². The Morgan fingerprint density at radius 1 is 1.40 bits per heavy atom. The molecule has 2 aromatic rings. The van der Waals surface area contributed by atoms with Crippen LogP contribution in [0.25, 0.3) is 10.6 Å². The second-order valence-corrected chi connectivity index (χ2v) is 6.19. The summed E-state index contributed by atoms with van der Waals surface area (Å²) in [6.07, 6.45) is 0. The fourth-order valence-corrected chi connectivity index (χ4v) is 3.17. The molecule has 0 aliphatic heterocycles. The van der Waals surface area contributed by atoms with Crippen LogP contribution in [0.1, 0.15) is 27.1 Å². The third-order valence-corrected chi connectivity index (χ3v) is 4.50. The van der Waals surface area contributed by atoms with Gasteiger partial charge >= 0.3 is 5.97 Å². The van der Waals surface area contributed by atoms with Gasteiger partial charge in [0.05, 0.1) is 12.1 Å². The lowest BCUT2D eigenvalue weighted by molar-refractivity contribution is 0.0591. The Bertz CT molecular complexity index is 699. The fourth-order valence-electron chi connectivity index (χ4n) is 1.57. The molecule has 2 rings (SSSR count). The molecule has 4 nitrogen and oxygen atoms in total. The molecule has 0 fully saturated rings. The van der Waals surface area contributed by atoms with Crippen LogP contribution in [0.3, 0.4) is 0 Å². The van der Waals surface area contributed by atoms with Gasteiger partial charge < -0.3 is 4.74 Å². The van der Waals surface area contributed by atoms with E-state index in [0.717, 1.165) is 15.8 Å². The summed E-state index contributed by atoms with van der Waals surface area (Å²) in [5.41, 5.74) is 0.680. The lowest BCUT2D eigenvalue weighted by atomic mass is 10.2. The Morgan fingerprint density at radius 3 is 2.70 bits per heavy atom. The molecule has 0 saturated heterocycles. The first-order valence-electron chi connectivity index (χ1n) is 5.49. The quantitative estimate of drug-likeness (QED) is 0.596. The summed E-state index contributed by atoms with van der Waals surface area (Å²) in [6, 6.07) is 5.30. The molecule has 0 aliphatic rings. The van der Waals surface area contributed by atoms with Gasteiger partial charge in [0.1, 0.15) is 9.88 Å². The zero-order valence-corrected chi connectivity index (χ0v) is 13.7. The summed E-state index contributed by atoms with van der Waals surface area (Å²) in [4.78, 5) is 27.7. The number of halogens is 2. The first kappa shape index (κ1) is 15.2. The summed E-state index contributed by atoms with van der Waals surface area (Å²) in [5, 5.41) is 0.996. The van der Waals surface area contributed by atoms with Gasteiger partial charge in [-0.25, -0.2) is 9.78 Å². The molecule has 0 amide bonds. The minimum Gasteiger partial charge on any atom is -0.464 e. The Hall–Kier alpha value is -1.24. The van der Waals surface area contributed by atoms with Crippen molar-refractivity contribution < 1.29 is 14.3 Å². The molecule has 0 aliphatic carbocycles. The number of aromatic nitrogens is 1. The number of carbonyl (C=O) groups is 2. The third kappa shape index (κ3) is 2.92. The number of methoxy groups -OCH3 is 1. The maximum Gasteiger partial charge on any atom is 0.358 e. The molecule has 7 heteroatoms. The van der Waals surface area contributed by atoms with Crippen molar-refractivity contribution in [2.45, 2.75) is 6.92 Å². The van der Waals surface area contributed by atoms with Crippen LogP contribution in [0.4, 0.5) is 0 Å². The largest absolute Gasteiger partial charge is 0.464 e. The van der Waals surface area contributed by atoms with Gasteiger partial charge in [0.25, 0.3) is 0 Å². The smallest absolute Gasteiger partial charge is 0.358 e. The molecular formula is C13H9BrClNO3S. The average molecular weight is 375 g/mol. The van der Waals surface area contributed by atoms with Crippen LogP contribution in [0.2, 0.25) is 5.02 Å². The number of carbonyl (C=O) groups excluding carboxylic acids is 2. The standard InChI is InChI=1S/C13H9BrClNO3S/c1-6(17)11-10(13(18)19-2)16-12(20-11)8-5-7(14)3-4-9(8)15/h3-5H,1-2H3. The highest BCUT2D eigenvalue weighted by Crippen LogP contribution is 2.35. The summed E-state index contributed by atoms with van der Waals surface area (Å²) in [5.74, 6) is -0.871. The van der Waals surface area contributed by atoms with E-state index in [1.807, 2.05) is 0 Å². The molecule has 0 saturated carbocycles. The first-order valence-corrected chi connectivity index (χ1v) is 7.48. The number of rotatable bonds is 3. The average Bonchev–Trinajstić information content (AvgIpc) is 2.85. The SMILES string of the molecule is COC(=O)c1nc(-c2cc(Br)ccc2Cl)sc1C(C)=O. The lowest BCUT2D eigenvalue weighted by Gasteiger charge is -2.00.